The Morgan fingerprint density at radius 2 is 2.04 bits per heavy atom. The molecule has 24 heavy (non-hydrogen) atoms. The molecule has 1 heterocycles. The molecule has 0 aliphatic heterocycles. The van der Waals surface area contributed by atoms with E-state index < -0.39 is 0 Å². The molecule has 5 nitrogen and oxygen atoms in total. The van der Waals surface area contributed by atoms with Gasteiger partial charge >= 0.3 is 0 Å². The zero-order valence-corrected chi connectivity index (χ0v) is 17.6. The van der Waals surface area contributed by atoms with Gasteiger partial charge < -0.3 is 10.2 Å². The Bertz CT molecular complexity index is 491. The molecule has 0 aliphatic rings. The normalized spacial score (nSPS) is 12.5. The molecule has 1 atom stereocenters. The fourth-order valence-corrected chi connectivity index (χ4v) is 2.50. The summed E-state index contributed by atoms with van der Waals surface area (Å²) < 4.78 is 0. The van der Waals surface area contributed by atoms with Crippen molar-refractivity contribution in [3.63, 3.8) is 0 Å². The Balaban J connectivity index is 0.00000529. The molecular weight excluding hydrogens is 386 g/mol. The number of thiocarbonyl (C=S) groups is 1. The van der Waals surface area contributed by atoms with Crippen LogP contribution in [0.2, 0.25) is 0 Å². The first-order chi connectivity index (χ1) is 11.1. The summed E-state index contributed by atoms with van der Waals surface area (Å²) in [6.45, 7) is 11.8. The van der Waals surface area contributed by atoms with Gasteiger partial charge in [0, 0.05) is 12.2 Å². The summed E-state index contributed by atoms with van der Waals surface area (Å²) in [5.74, 6) is 0. The summed E-state index contributed by atoms with van der Waals surface area (Å²) in [6.07, 6.45) is 4.00. The lowest BCUT2D eigenvalue weighted by atomic mass is 10.2. The molecule has 1 unspecified atom stereocenters. The second kappa shape index (κ2) is 13.3. The van der Waals surface area contributed by atoms with Crippen molar-refractivity contribution in [1.29, 1.82) is 0 Å². The highest BCUT2D eigenvalue weighted by Crippen LogP contribution is 2.00. The fourth-order valence-electron chi connectivity index (χ4n) is 2.26. The molecule has 0 saturated heterocycles. The summed E-state index contributed by atoms with van der Waals surface area (Å²) in [5, 5.41) is 8.10. The van der Waals surface area contributed by atoms with E-state index in [2.05, 4.69) is 46.5 Å². The van der Waals surface area contributed by atoms with Crippen LogP contribution < -0.4 is 10.7 Å². The monoisotopic (exact) mass is 415 g/mol. The molecule has 0 aliphatic carbocycles. The number of pyridine rings is 1. The molecular formula is C17H30BrN5S. The third-order valence-electron chi connectivity index (χ3n) is 3.74. The minimum absolute atomic E-state index is 0. The zero-order valence-electron chi connectivity index (χ0n) is 15.1. The maximum Gasteiger partial charge on any atom is 0.187 e. The van der Waals surface area contributed by atoms with Crippen LogP contribution in [0.15, 0.2) is 29.5 Å². The zero-order chi connectivity index (χ0) is 17.1. The minimum Gasteiger partial charge on any atom is -0.359 e. The van der Waals surface area contributed by atoms with Crippen molar-refractivity contribution in [2.75, 3.05) is 19.6 Å². The number of nitrogens with one attached hydrogen (secondary N) is 2. The molecule has 0 aromatic carbocycles. The highest BCUT2D eigenvalue weighted by Gasteiger charge is 2.06. The maximum absolute atomic E-state index is 5.29. The first-order valence-electron chi connectivity index (χ1n) is 8.31. The van der Waals surface area contributed by atoms with Gasteiger partial charge in [0.25, 0.3) is 0 Å². The Labute approximate surface area is 162 Å². The Morgan fingerprint density at radius 3 is 2.62 bits per heavy atom. The number of rotatable bonds is 9. The SMILES string of the molecule is Br.CCN(CC)CCCC(C)NC(=S)N/N=C(\C)c1ccccn1. The molecule has 1 aromatic rings. The highest BCUT2D eigenvalue weighted by molar-refractivity contribution is 8.93. The molecule has 1 aromatic heterocycles. The fraction of sp³-hybridized carbons (Fsp3) is 0.588. The van der Waals surface area contributed by atoms with E-state index in [1.165, 1.54) is 0 Å². The summed E-state index contributed by atoms with van der Waals surface area (Å²) in [5.41, 5.74) is 4.54. The molecule has 0 saturated carbocycles. The lowest BCUT2D eigenvalue weighted by Gasteiger charge is -2.20. The van der Waals surface area contributed by atoms with Crippen LogP contribution in [-0.4, -0.2) is 46.4 Å². The molecule has 0 spiro atoms. The van der Waals surface area contributed by atoms with E-state index in [0.29, 0.717) is 11.2 Å². The van der Waals surface area contributed by atoms with Crippen molar-refractivity contribution in [2.24, 2.45) is 5.10 Å². The average molecular weight is 416 g/mol. The summed E-state index contributed by atoms with van der Waals surface area (Å²) in [6, 6.07) is 6.08. The van der Waals surface area contributed by atoms with Crippen molar-refractivity contribution in [2.45, 2.75) is 46.6 Å². The lowest BCUT2D eigenvalue weighted by molar-refractivity contribution is 0.292. The summed E-state index contributed by atoms with van der Waals surface area (Å²) in [7, 11) is 0. The number of hydrogen-bond donors (Lipinski definition) is 2. The predicted molar refractivity (Wildman–Crippen MR) is 112 cm³/mol. The lowest BCUT2D eigenvalue weighted by Crippen LogP contribution is -2.39. The first kappa shape index (κ1) is 22.9. The number of aromatic nitrogens is 1. The Hall–Kier alpha value is -1.05. The molecule has 7 heteroatoms. The standard InChI is InChI=1S/C17H29N5S.BrH/c1-5-22(6-2)13-9-10-14(3)19-17(23)21-20-15(4)16-11-7-8-12-18-16;/h7-8,11-12,14H,5-6,9-10,13H2,1-4H3,(H2,19,21,23);1H/b20-15+;. The molecule has 0 amide bonds. The van der Waals surface area contributed by atoms with Gasteiger partial charge in [-0.05, 0) is 70.7 Å². The van der Waals surface area contributed by atoms with Crippen molar-refractivity contribution < 1.29 is 0 Å². The minimum atomic E-state index is 0. The van der Waals surface area contributed by atoms with E-state index in [9.17, 15) is 0 Å². The molecule has 136 valence electrons. The van der Waals surface area contributed by atoms with Gasteiger partial charge in [0.05, 0.1) is 11.4 Å². The second-order valence-corrected chi connectivity index (χ2v) is 5.98. The van der Waals surface area contributed by atoms with Crippen LogP contribution in [-0.2, 0) is 0 Å². The molecule has 0 bridgehead atoms. The van der Waals surface area contributed by atoms with Gasteiger partial charge in [0.15, 0.2) is 5.11 Å². The quantitative estimate of drug-likeness (QED) is 0.367. The van der Waals surface area contributed by atoms with Crippen molar-refractivity contribution in [3.8, 4) is 0 Å². The third-order valence-corrected chi connectivity index (χ3v) is 3.95. The van der Waals surface area contributed by atoms with Crippen LogP contribution in [0.3, 0.4) is 0 Å². The number of nitrogens with zero attached hydrogens (tertiary/aromatic N) is 3. The molecule has 2 N–H and O–H groups in total. The highest BCUT2D eigenvalue weighted by atomic mass is 79.9. The smallest absolute Gasteiger partial charge is 0.187 e. The Kier molecular flexibility index (Phi) is 12.7. The molecule has 0 fully saturated rings. The largest absolute Gasteiger partial charge is 0.359 e. The van der Waals surface area contributed by atoms with Gasteiger partial charge in [0.2, 0.25) is 0 Å². The van der Waals surface area contributed by atoms with Gasteiger partial charge in [-0.2, -0.15) is 5.10 Å². The first-order valence-corrected chi connectivity index (χ1v) is 8.72. The van der Waals surface area contributed by atoms with Gasteiger partial charge in [-0.3, -0.25) is 10.4 Å². The van der Waals surface area contributed by atoms with Crippen LogP contribution in [0.25, 0.3) is 0 Å². The van der Waals surface area contributed by atoms with E-state index in [-0.39, 0.29) is 17.0 Å². The summed E-state index contributed by atoms with van der Waals surface area (Å²) >= 11 is 5.29. The van der Waals surface area contributed by atoms with Crippen LogP contribution in [0.1, 0.15) is 46.2 Å². The van der Waals surface area contributed by atoms with Crippen LogP contribution >= 0.6 is 29.2 Å². The average Bonchev–Trinajstić information content (AvgIpc) is 2.57. The van der Waals surface area contributed by atoms with Crippen molar-refractivity contribution in [1.82, 2.24) is 20.6 Å². The van der Waals surface area contributed by atoms with E-state index in [1.54, 1.807) is 6.20 Å². The van der Waals surface area contributed by atoms with Gasteiger partial charge in [-0.15, -0.1) is 17.0 Å². The number of hydrogen-bond acceptors (Lipinski definition) is 4. The molecule has 0 radical (unpaired) electrons. The number of hydrazone groups is 1. The van der Waals surface area contributed by atoms with E-state index in [1.807, 2.05) is 25.1 Å². The van der Waals surface area contributed by atoms with Crippen molar-refractivity contribution in [3.05, 3.63) is 30.1 Å². The van der Waals surface area contributed by atoms with Crippen LogP contribution in [0, 0.1) is 0 Å². The van der Waals surface area contributed by atoms with Gasteiger partial charge in [-0.25, -0.2) is 0 Å². The second-order valence-electron chi connectivity index (χ2n) is 5.57. The maximum atomic E-state index is 5.29. The predicted octanol–water partition coefficient (Wildman–Crippen LogP) is 3.36. The van der Waals surface area contributed by atoms with Crippen LogP contribution in [0.5, 0.6) is 0 Å². The third kappa shape index (κ3) is 9.30. The van der Waals surface area contributed by atoms with Crippen molar-refractivity contribution >= 4 is 40.0 Å². The summed E-state index contributed by atoms with van der Waals surface area (Å²) in [4.78, 5) is 6.69. The van der Waals surface area contributed by atoms with Gasteiger partial charge in [-0.1, -0.05) is 19.9 Å². The van der Waals surface area contributed by atoms with E-state index in [0.717, 1.165) is 43.9 Å². The Morgan fingerprint density at radius 1 is 1.33 bits per heavy atom. The topological polar surface area (TPSA) is 52.5 Å². The van der Waals surface area contributed by atoms with Crippen LogP contribution in [0.4, 0.5) is 0 Å². The van der Waals surface area contributed by atoms with Gasteiger partial charge in [0.1, 0.15) is 0 Å². The molecule has 1 rings (SSSR count). The van der Waals surface area contributed by atoms with E-state index in [4.69, 9.17) is 12.2 Å². The number of halogens is 1. The van der Waals surface area contributed by atoms with E-state index >= 15 is 0 Å².